The molecular weight excluding hydrogens is 336 g/mol. The summed E-state index contributed by atoms with van der Waals surface area (Å²) < 4.78 is 42.7. The summed E-state index contributed by atoms with van der Waals surface area (Å²) in [5.74, 6) is -0.366. The predicted octanol–water partition coefficient (Wildman–Crippen LogP) is 3.52. The zero-order valence-corrected chi connectivity index (χ0v) is 10.6. The van der Waals surface area contributed by atoms with Crippen LogP contribution in [0.15, 0.2) is 12.1 Å². The fraction of sp³-hybridized carbons (Fsp3) is 0.300. The third-order valence-electron chi connectivity index (χ3n) is 1.97. The minimum Gasteiger partial charge on any atom is -0.496 e. The number of benzene rings is 1. The number of Topliss-reactive ketones (excluding diaryl/α,β-unsaturated/α-hetero) is 1. The molecule has 0 aromatic heterocycles. The minimum absolute atomic E-state index is 0.0206. The van der Waals surface area contributed by atoms with Crippen molar-refractivity contribution >= 4 is 28.4 Å². The molecule has 0 bridgehead atoms. The Labute approximate surface area is 104 Å². The highest BCUT2D eigenvalue weighted by Crippen LogP contribution is 2.35. The van der Waals surface area contributed by atoms with Crippen molar-refractivity contribution in [2.24, 2.45) is 0 Å². The van der Waals surface area contributed by atoms with Crippen LogP contribution in [0.1, 0.15) is 22.8 Å². The van der Waals surface area contributed by atoms with Crippen molar-refractivity contribution in [3.63, 3.8) is 0 Å². The van der Waals surface area contributed by atoms with Crippen molar-refractivity contribution in [1.82, 2.24) is 0 Å². The molecule has 16 heavy (non-hydrogen) atoms. The van der Waals surface area contributed by atoms with E-state index in [0.717, 1.165) is 12.1 Å². The van der Waals surface area contributed by atoms with E-state index in [2.05, 4.69) is 0 Å². The van der Waals surface area contributed by atoms with Gasteiger partial charge in [0.05, 0.1) is 16.2 Å². The molecule has 0 N–H and O–H groups in total. The molecule has 0 amide bonds. The van der Waals surface area contributed by atoms with Crippen LogP contribution in [0.2, 0.25) is 0 Å². The lowest BCUT2D eigenvalue weighted by molar-refractivity contribution is -0.137. The van der Waals surface area contributed by atoms with Crippen LogP contribution in [-0.2, 0) is 6.18 Å². The standard InChI is InChI=1S/C10H8F3IO2/c1-5(15)7-3-6(10(11,12)13)4-8(16-2)9(7)14/h3-4H,1-2H3. The summed E-state index contributed by atoms with van der Waals surface area (Å²) >= 11 is 1.79. The average Bonchev–Trinajstić information content (AvgIpc) is 2.15. The number of hydrogen-bond acceptors (Lipinski definition) is 2. The largest absolute Gasteiger partial charge is 0.496 e. The number of methoxy groups -OCH3 is 1. The first-order chi connectivity index (χ1) is 7.27. The molecule has 0 unspecified atom stereocenters. The van der Waals surface area contributed by atoms with Gasteiger partial charge in [0.2, 0.25) is 0 Å². The number of rotatable bonds is 2. The van der Waals surface area contributed by atoms with Gasteiger partial charge in [-0.25, -0.2) is 0 Å². The molecule has 6 heteroatoms. The Morgan fingerprint density at radius 2 is 1.94 bits per heavy atom. The van der Waals surface area contributed by atoms with E-state index >= 15 is 0 Å². The van der Waals surface area contributed by atoms with Crippen LogP contribution < -0.4 is 4.74 Å². The van der Waals surface area contributed by atoms with Crippen molar-refractivity contribution in [2.75, 3.05) is 7.11 Å². The molecule has 0 spiro atoms. The molecule has 0 radical (unpaired) electrons. The number of ketones is 1. The molecule has 0 fully saturated rings. The molecule has 1 aromatic rings. The van der Waals surface area contributed by atoms with E-state index in [1.807, 2.05) is 0 Å². The fourth-order valence-electron chi connectivity index (χ4n) is 1.17. The maximum absolute atomic E-state index is 12.5. The number of carbonyl (C=O) groups excluding carboxylic acids is 1. The minimum atomic E-state index is -4.48. The highest BCUT2D eigenvalue weighted by atomic mass is 127. The molecule has 1 rings (SSSR count). The maximum Gasteiger partial charge on any atom is 0.416 e. The third-order valence-corrected chi connectivity index (χ3v) is 3.08. The average molecular weight is 344 g/mol. The molecule has 0 atom stereocenters. The van der Waals surface area contributed by atoms with Gasteiger partial charge in [0, 0.05) is 5.56 Å². The monoisotopic (exact) mass is 344 g/mol. The van der Waals surface area contributed by atoms with Gasteiger partial charge in [-0.3, -0.25) is 4.79 Å². The lowest BCUT2D eigenvalue weighted by Gasteiger charge is -2.12. The molecule has 0 aliphatic carbocycles. The molecule has 1 aromatic carbocycles. The Morgan fingerprint density at radius 3 is 2.31 bits per heavy atom. The Kier molecular flexibility index (Phi) is 3.82. The van der Waals surface area contributed by atoms with Gasteiger partial charge >= 0.3 is 6.18 Å². The summed E-state index contributed by atoms with van der Waals surface area (Å²) in [6.07, 6.45) is -4.48. The third kappa shape index (κ3) is 2.66. The molecule has 88 valence electrons. The van der Waals surface area contributed by atoms with E-state index in [4.69, 9.17) is 4.74 Å². The molecule has 0 saturated heterocycles. The number of alkyl halides is 3. The normalized spacial score (nSPS) is 11.4. The van der Waals surface area contributed by atoms with Gasteiger partial charge in [-0.05, 0) is 41.6 Å². The van der Waals surface area contributed by atoms with Crippen molar-refractivity contribution in [2.45, 2.75) is 13.1 Å². The van der Waals surface area contributed by atoms with Gasteiger partial charge in [-0.15, -0.1) is 0 Å². The van der Waals surface area contributed by atoms with Crippen LogP contribution in [-0.4, -0.2) is 12.9 Å². The van der Waals surface area contributed by atoms with Crippen LogP contribution >= 0.6 is 22.6 Å². The van der Waals surface area contributed by atoms with E-state index in [1.54, 1.807) is 22.6 Å². The van der Waals surface area contributed by atoms with Gasteiger partial charge in [-0.2, -0.15) is 13.2 Å². The highest BCUT2D eigenvalue weighted by molar-refractivity contribution is 14.1. The summed E-state index contributed by atoms with van der Waals surface area (Å²) in [7, 11) is 1.27. The first-order valence-electron chi connectivity index (χ1n) is 4.23. The number of carbonyl (C=O) groups is 1. The topological polar surface area (TPSA) is 26.3 Å². The second-order valence-electron chi connectivity index (χ2n) is 3.09. The molecule has 2 nitrogen and oxygen atoms in total. The van der Waals surface area contributed by atoms with Crippen LogP contribution in [0.5, 0.6) is 5.75 Å². The van der Waals surface area contributed by atoms with Crippen molar-refractivity contribution in [3.05, 3.63) is 26.8 Å². The summed E-state index contributed by atoms with van der Waals surface area (Å²) in [5.41, 5.74) is -0.859. The zero-order valence-electron chi connectivity index (χ0n) is 8.48. The van der Waals surface area contributed by atoms with Crippen LogP contribution in [0.4, 0.5) is 13.2 Å². The Balaban J connectivity index is 3.46. The fourth-order valence-corrected chi connectivity index (χ4v) is 2.08. The van der Waals surface area contributed by atoms with Crippen LogP contribution in [0.25, 0.3) is 0 Å². The van der Waals surface area contributed by atoms with Gasteiger partial charge in [0.1, 0.15) is 5.75 Å². The van der Waals surface area contributed by atoms with E-state index in [0.29, 0.717) is 3.57 Å². The summed E-state index contributed by atoms with van der Waals surface area (Å²) in [6.45, 7) is 1.22. The van der Waals surface area contributed by atoms with Crippen molar-refractivity contribution in [1.29, 1.82) is 0 Å². The van der Waals surface area contributed by atoms with Crippen molar-refractivity contribution < 1.29 is 22.7 Å². The first kappa shape index (κ1) is 13.3. The van der Waals surface area contributed by atoms with Crippen LogP contribution in [0, 0.1) is 3.57 Å². The van der Waals surface area contributed by atoms with E-state index in [-0.39, 0.29) is 11.3 Å². The number of hydrogen-bond donors (Lipinski definition) is 0. The van der Waals surface area contributed by atoms with Gasteiger partial charge in [-0.1, -0.05) is 0 Å². The molecule has 0 heterocycles. The Morgan fingerprint density at radius 1 is 1.38 bits per heavy atom. The Bertz CT molecular complexity index is 427. The van der Waals surface area contributed by atoms with Crippen LogP contribution in [0.3, 0.4) is 0 Å². The lowest BCUT2D eigenvalue weighted by Crippen LogP contribution is -2.09. The molecule has 0 aliphatic heterocycles. The molecule has 0 saturated carbocycles. The second-order valence-corrected chi connectivity index (χ2v) is 4.17. The van der Waals surface area contributed by atoms with Crippen molar-refractivity contribution in [3.8, 4) is 5.75 Å². The van der Waals surface area contributed by atoms with E-state index < -0.39 is 17.5 Å². The highest BCUT2D eigenvalue weighted by Gasteiger charge is 2.32. The Hall–Kier alpha value is -0.790. The van der Waals surface area contributed by atoms with Gasteiger partial charge in [0.25, 0.3) is 0 Å². The predicted molar refractivity (Wildman–Crippen MR) is 60.7 cm³/mol. The van der Waals surface area contributed by atoms with E-state index in [1.165, 1.54) is 14.0 Å². The zero-order chi connectivity index (χ0) is 12.5. The smallest absolute Gasteiger partial charge is 0.416 e. The number of ether oxygens (including phenoxy) is 1. The quantitative estimate of drug-likeness (QED) is 0.606. The van der Waals surface area contributed by atoms with E-state index in [9.17, 15) is 18.0 Å². The first-order valence-corrected chi connectivity index (χ1v) is 5.31. The molecule has 0 aliphatic rings. The lowest BCUT2D eigenvalue weighted by atomic mass is 10.1. The summed E-state index contributed by atoms with van der Waals surface area (Å²) in [4.78, 5) is 11.2. The summed E-state index contributed by atoms with van der Waals surface area (Å²) in [6, 6.07) is 1.72. The number of halogens is 4. The second kappa shape index (κ2) is 4.60. The molecular formula is C10H8F3IO2. The SMILES string of the molecule is COc1cc(C(F)(F)F)cc(C(C)=O)c1I. The maximum atomic E-state index is 12.5. The van der Waals surface area contributed by atoms with Gasteiger partial charge in [0.15, 0.2) is 5.78 Å². The summed E-state index contributed by atoms with van der Waals surface area (Å²) in [5, 5.41) is 0. The van der Waals surface area contributed by atoms with Gasteiger partial charge < -0.3 is 4.74 Å².